The van der Waals surface area contributed by atoms with Gasteiger partial charge in [0, 0.05) is 5.56 Å². The van der Waals surface area contributed by atoms with Crippen molar-refractivity contribution in [3.63, 3.8) is 0 Å². The van der Waals surface area contributed by atoms with E-state index in [-0.39, 0.29) is 5.56 Å². The number of ether oxygens (including phenoxy) is 2. The predicted molar refractivity (Wildman–Crippen MR) is 98.2 cm³/mol. The first-order valence-electron chi connectivity index (χ1n) is 7.48. The number of methoxy groups -OCH3 is 2. The third kappa shape index (κ3) is 3.18. The average Bonchev–Trinajstić information content (AvgIpc) is 2.96. The molecule has 0 unspecified atom stereocenters. The van der Waals surface area contributed by atoms with Gasteiger partial charge in [0.15, 0.2) is 0 Å². The molecule has 7 heteroatoms. The van der Waals surface area contributed by atoms with Crippen LogP contribution in [0.25, 0.3) is 22.4 Å². The number of esters is 1. The van der Waals surface area contributed by atoms with E-state index in [1.54, 1.807) is 20.1 Å². The summed E-state index contributed by atoms with van der Waals surface area (Å²) in [5, 5.41) is 0.417. The summed E-state index contributed by atoms with van der Waals surface area (Å²) in [6, 6.07) is 7.53. The Morgan fingerprint density at radius 1 is 1.24 bits per heavy atom. The van der Waals surface area contributed by atoms with Gasteiger partial charge in [-0.25, -0.2) is 9.78 Å². The number of benzene rings is 1. The first-order valence-corrected chi connectivity index (χ1v) is 8.29. The van der Waals surface area contributed by atoms with Crippen LogP contribution in [-0.4, -0.2) is 30.2 Å². The Morgan fingerprint density at radius 2 is 2.00 bits per heavy atom. The van der Waals surface area contributed by atoms with Gasteiger partial charge in [0.2, 0.25) is 0 Å². The molecule has 25 heavy (non-hydrogen) atoms. The summed E-state index contributed by atoms with van der Waals surface area (Å²) in [4.78, 5) is 32.2. The second-order valence-electron chi connectivity index (χ2n) is 5.25. The van der Waals surface area contributed by atoms with Crippen molar-refractivity contribution in [2.24, 2.45) is 0 Å². The summed E-state index contributed by atoms with van der Waals surface area (Å²) in [7, 11) is 2.91. The van der Waals surface area contributed by atoms with Crippen LogP contribution >= 0.6 is 11.3 Å². The van der Waals surface area contributed by atoms with Crippen LogP contribution in [0.3, 0.4) is 0 Å². The van der Waals surface area contributed by atoms with Crippen LogP contribution in [0.5, 0.6) is 5.75 Å². The predicted octanol–water partition coefficient (Wildman–Crippen LogP) is 3.26. The molecule has 0 saturated heterocycles. The van der Waals surface area contributed by atoms with E-state index in [0.29, 0.717) is 26.5 Å². The summed E-state index contributed by atoms with van der Waals surface area (Å²) in [5.41, 5.74) is 1.17. The highest BCUT2D eigenvalue weighted by Gasteiger charge is 2.19. The number of carbonyl (C=O) groups excluding carboxylic acids is 1. The van der Waals surface area contributed by atoms with Crippen molar-refractivity contribution in [3.05, 3.63) is 56.4 Å². The lowest BCUT2D eigenvalue weighted by atomic mass is 10.2. The minimum Gasteiger partial charge on any atom is -0.496 e. The molecule has 0 fully saturated rings. The third-order valence-corrected chi connectivity index (χ3v) is 4.92. The maximum absolute atomic E-state index is 12.4. The highest BCUT2D eigenvalue weighted by Crippen LogP contribution is 2.27. The van der Waals surface area contributed by atoms with E-state index in [1.165, 1.54) is 7.11 Å². The van der Waals surface area contributed by atoms with Gasteiger partial charge in [0.05, 0.1) is 19.6 Å². The van der Waals surface area contributed by atoms with Crippen LogP contribution in [0, 0.1) is 6.92 Å². The molecule has 2 aromatic heterocycles. The lowest BCUT2D eigenvalue weighted by molar-refractivity contribution is 0.0605. The molecule has 128 valence electrons. The van der Waals surface area contributed by atoms with Gasteiger partial charge in [-0.05, 0) is 30.7 Å². The molecule has 0 aliphatic rings. The van der Waals surface area contributed by atoms with Gasteiger partial charge < -0.3 is 14.5 Å². The van der Waals surface area contributed by atoms with Gasteiger partial charge in [-0.15, -0.1) is 11.3 Å². The molecule has 0 spiro atoms. The number of aromatic amines is 1. The van der Waals surface area contributed by atoms with Crippen molar-refractivity contribution < 1.29 is 14.3 Å². The number of nitrogens with one attached hydrogen (secondary N) is 1. The van der Waals surface area contributed by atoms with Crippen molar-refractivity contribution in [2.45, 2.75) is 6.92 Å². The van der Waals surface area contributed by atoms with E-state index in [4.69, 9.17) is 9.47 Å². The number of fused-ring (bicyclic) bond motifs is 1. The fourth-order valence-corrected chi connectivity index (χ4v) is 3.61. The Kier molecular flexibility index (Phi) is 4.67. The standard InChI is InChI=1S/C18H16N2O4S/c1-10-14-16(21)19-13(20-17(14)25-15(10)18(22)24-3)9-8-11-6-4-5-7-12(11)23-2/h4-9H,1-3H3,(H,19,20,21)/b9-8+. The third-order valence-electron chi connectivity index (χ3n) is 3.75. The van der Waals surface area contributed by atoms with E-state index >= 15 is 0 Å². The van der Waals surface area contributed by atoms with Crippen LogP contribution < -0.4 is 10.3 Å². The fraction of sp³-hybridized carbons (Fsp3) is 0.167. The Balaban J connectivity index is 2.05. The molecule has 3 aromatic rings. The largest absolute Gasteiger partial charge is 0.496 e. The smallest absolute Gasteiger partial charge is 0.348 e. The van der Waals surface area contributed by atoms with Crippen molar-refractivity contribution in [1.82, 2.24) is 9.97 Å². The number of hydrogen-bond donors (Lipinski definition) is 1. The number of carbonyl (C=O) groups is 1. The number of para-hydroxylation sites is 1. The summed E-state index contributed by atoms with van der Waals surface area (Å²) in [6.07, 6.45) is 3.51. The minimum atomic E-state index is -0.467. The summed E-state index contributed by atoms with van der Waals surface area (Å²) < 4.78 is 10.0. The van der Waals surface area contributed by atoms with Gasteiger partial charge in [-0.3, -0.25) is 4.79 Å². The van der Waals surface area contributed by atoms with Gasteiger partial charge >= 0.3 is 5.97 Å². The zero-order chi connectivity index (χ0) is 18.0. The van der Waals surface area contributed by atoms with Crippen LogP contribution in [0.4, 0.5) is 0 Å². The zero-order valence-electron chi connectivity index (χ0n) is 14.0. The van der Waals surface area contributed by atoms with E-state index in [0.717, 1.165) is 22.6 Å². The Labute approximate surface area is 147 Å². The molecular formula is C18H16N2O4S. The zero-order valence-corrected chi connectivity index (χ0v) is 14.8. The first-order chi connectivity index (χ1) is 12.0. The van der Waals surface area contributed by atoms with Gasteiger partial charge in [-0.2, -0.15) is 0 Å². The molecule has 0 aliphatic heterocycles. The van der Waals surface area contributed by atoms with E-state index in [1.807, 2.05) is 30.3 Å². The quantitative estimate of drug-likeness (QED) is 0.726. The maximum atomic E-state index is 12.4. The number of aromatic nitrogens is 2. The molecule has 1 aromatic carbocycles. The molecular weight excluding hydrogens is 340 g/mol. The number of thiophene rings is 1. The van der Waals surface area contributed by atoms with Gasteiger partial charge in [-0.1, -0.05) is 18.2 Å². The molecule has 3 rings (SSSR count). The minimum absolute atomic E-state index is 0.284. The number of H-pyrrole nitrogens is 1. The summed E-state index contributed by atoms with van der Waals surface area (Å²) >= 11 is 1.15. The van der Waals surface area contributed by atoms with Crippen molar-refractivity contribution >= 4 is 39.7 Å². The molecule has 6 nitrogen and oxygen atoms in total. The molecule has 0 bridgehead atoms. The molecule has 0 aliphatic carbocycles. The molecule has 0 saturated carbocycles. The molecule has 0 amide bonds. The van der Waals surface area contributed by atoms with Crippen LogP contribution in [-0.2, 0) is 4.74 Å². The Hall–Kier alpha value is -2.93. The van der Waals surface area contributed by atoms with Crippen molar-refractivity contribution in [1.29, 1.82) is 0 Å². The molecule has 0 atom stereocenters. The summed E-state index contributed by atoms with van der Waals surface area (Å²) in [5.74, 6) is 0.661. The highest BCUT2D eigenvalue weighted by molar-refractivity contribution is 7.20. The monoisotopic (exact) mass is 356 g/mol. The van der Waals surface area contributed by atoms with Crippen molar-refractivity contribution in [2.75, 3.05) is 14.2 Å². The van der Waals surface area contributed by atoms with E-state index < -0.39 is 5.97 Å². The number of hydrogen-bond acceptors (Lipinski definition) is 6. The van der Waals surface area contributed by atoms with Gasteiger partial charge in [0.25, 0.3) is 5.56 Å². The normalized spacial score (nSPS) is 11.2. The maximum Gasteiger partial charge on any atom is 0.348 e. The lowest BCUT2D eigenvalue weighted by Crippen LogP contribution is -2.09. The fourth-order valence-electron chi connectivity index (χ4n) is 2.50. The van der Waals surface area contributed by atoms with Crippen molar-refractivity contribution in [3.8, 4) is 5.75 Å². The van der Waals surface area contributed by atoms with Crippen LogP contribution in [0.15, 0.2) is 29.1 Å². The highest BCUT2D eigenvalue weighted by atomic mass is 32.1. The number of nitrogens with zero attached hydrogens (tertiary/aromatic N) is 1. The van der Waals surface area contributed by atoms with E-state index in [2.05, 4.69) is 9.97 Å². The van der Waals surface area contributed by atoms with Gasteiger partial charge in [0.1, 0.15) is 21.3 Å². The average molecular weight is 356 g/mol. The summed E-state index contributed by atoms with van der Waals surface area (Å²) in [6.45, 7) is 1.71. The lowest BCUT2D eigenvalue weighted by Gasteiger charge is -2.03. The second kappa shape index (κ2) is 6.90. The SMILES string of the molecule is COC(=O)c1sc2nc(/C=C/c3ccccc3OC)[nH]c(=O)c2c1C. The topological polar surface area (TPSA) is 81.3 Å². The second-order valence-corrected chi connectivity index (χ2v) is 6.25. The molecule has 1 N–H and O–H groups in total. The van der Waals surface area contributed by atoms with E-state index in [9.17, 15) is 9.59 Å². The number of rotatable bonds is 4. The van der Waals surface area contributed by atoms with Crippen LogP contribution in [0.2, 0.25) is 0 Å². The molecule has 2 heterocycles. The first kappa shape index (κ1) is 16.9. The number of aryl methyl sites for hydroxylation is 1. The Morgan fingerprint density at radius 3 is 2.72 bits per heavy atom. The van der Waals surface area contributed by atoms with Crippen LogP contribution in [0.1, 0.15) is 26.6 Å². The Bertz CT molecular complexity index is 1030. The molecule has 0 radical (unpaired) electrons.